The van der Waals surface area contributed by atoms with E-state index < -0.39 is 6.10 Å². The van der Waals surface area contributed by atoms with Crippen molar-refractivity contribution in [2.24, 2.45) is 0 Å². The first-order valence-corrected chi connectivity index (χ1v) is 7.92. The van der Waals surface area contributed by atoms with Crippen molar-refractivity contribution in [2.45, 2.75) is 25.4 Å². The van der Waals surface area contributed by atoms with Crippen molar-refractivity contribution in [3.05, 3.63) is 53.1 Å². The van der Waals surface area contributed by atoms with Gasteiger partial charge in [-0.3, -0.25) is 4.79 Å². The first kappa shape index (κ1) is 16.3. The Morgan fingerprint density at radius 3 is 2.79 bits per heavy atom. The van der Waals surface area contributed by atoms with Crippen LogP contribution >= 0.6 is 0 Å². The summed E-state index contributed by atoms with van der Waals surface area (Å²) in [5, 5.41) is 19.0. The molecule has 3 rings (SSSR count). The molecule has 1 heterocycles. The molecule has 126 valence electrons. The summed E-state index contributed by atoms with van der Waals surface area (Å²) in [7, 11) is 1.58. The van der Waals surface area contributed by atoms with Crippen molar-refractivity contribution in [1.82, 2.24) is 0 Å². The number of phenolic OH excluding ortho intramolecular Hbond substituents is 1. The van der Waals surface area contributed by atoms with E-state index in [0.29, 0.717) is 29.9 Å². The van der Waals surface area contributed by atoms with Crippen molar-refractivity contribution in [2.75, 3.05) is 13.7 Å². The van der Waals surface area contributed by atoms with Gasteiger partial charge in [0.05, 0.1) is 7.11 Å². The smallest absolute Gasteiger partial charge is 0.186 e. The van der Waals surface area contributed by atoms with Gasteiger partial charge < -0.3 is 19.7 Å². The number of rotatable bonds is 5. The number of benzene rings is 2. The molecule has 2 aromatic carbocycles. The Morgan fingerprint density at radius 2 is 2.08 bits per heavy atom. The minimum absolute atomic E-state index is 0.0494. The Bertz CT molecular complexity index is 753. The average Bonchev–Trinajstić information content (AvgIpc) is 2.59. The third-order valence-electron chi connectivity index (χ3n) is 4.19. The van der Waals surface area contributed by atoms with Gasteiger partial charge in [-0.05, 0) is 36.6 Å². The Balaban J connectivity index is 1.96. The van der Waals surface area contributed by atoms with Gasteiger partial charge in [0.15, 0.2) is 11.9 Å². The van der Waals surface area contributed by atoms with E-state index in [1.807, 2.05) is 12.1 Å². The number of aryl methyl sites for hydroxylation is 1. The lowest BCUT2D eigenvalue weighted by molar-refractivity contribution is -0.126. The van der Waals surface area contributed by atoms with Gasteiger partial charge >= 0.3 is 0 Å². The van der Waals surface area contributed by atoms with Crippen LogP contribution in [0.4, 0.5) is 0 Å². The summed E-state index contributed by atoms with van der Waals surface area (Å²) < 4.78 is 11.3. The topological polar surface area (TPSA) is 76.0 Å². The molecule has 1 aliphatic heterocycles. The molecule has 1 atom stereocenters. The number of aromatic hydroxyl groups is 1. The van der Waals surface area contributed by atoms with Gasteiger partial charge in [0.1, 0.15) is 17.2 Å². The second-order valence-electron chi connectivity index (χ2n) is 5.80. The Labute approximate surface area is 140 Å². The molecule has 2 N–H and O–H groups in total. The van der Waals surface area contributed by atoms with Crippen LogP contribution in [0.1, 0.15) is 29.2 Å². The number of Topliss-reactive ketones (excluding diaryl/α,β-unsaturated/α-hetero) is 1. The van der Waals surface area contributed by atoms with Gasteiger partial charge in [-0.2, -0.15) is 0 Å². The number of ether oxygens (including phenoxy) is 2. The van der Waals surface area contributed by atoms with Crippen LogP contribution in [0.2, 0.25) is 0 Å². The number of hydrogen-bond donors (Lipinski definition) is 2. The standard InChI is InChI=1S/C19H20O5/c1-23-17-11-13-9-16(22)19(14-6-2-3-7-15(14)21)24-18(13)10-12(17)5-4-8-20/h2-3,6-7,10-11,19-21H,4-5,8-9H2,1H3. The van der Waals surface area contributed by atoms with E-state index >= 15 is 0 Å². The predicted octanol–water partition coefficient (Wildman–Crippen LogP) is 2.57. The fraction of sp³-hybridized carbons (Fsp3) is 0.316. The van der Waals surface area contributed by atoms with Gasteiger partial charge in [0, 0.05) is 24.2 Å². The number of phenols is 1. The first-order valence-electron chi connectivity index (χ1n) is 7.92. The molecule has 5 nitrogen and oxygen atoms in total. The van der Waals surface area contributed by atoms with E-state index in [1.54, 1.807) is 31.4 Å². The highest BCUT2D eigenvalue weighted by Gasteiger charge is 2.31. The molecule has 0 amide bonds. The number of ketones is 1. The summed E-state index contributed by atoms with van der Waals surface area (Å²) in [6.07, 6.45) is 0.700. The highest BCUT2D eigenvalue weighted by Crippen LogP contribution is 2.39. The third-order valence-corrected chi connectivity index (χ3v) is 4.19. The normalized spacial score (nSPS) is 16.4. The number of hydrogen-bond acceptors (Lipinski definition) is 5. The van der Waals surface area contributed by atoms with E-state index in [2.05, 4.69) is 0 Å². The Kier molecular flexibility index (Phi) is 4.71. The summed E-state index contributed by atoms with van der Waals surface area (Å²) in [6.45, 7) is 0.0973. The van der Waals surface area contributed by atoms with Crippen molar-refractivity contribution in [1.29, 1.82) is 0 Å². The van der Waals surface area contributed by atoms with E-state index in [1.165, 1.54) is 0 Å². The number of carbonyl (C=O) groups is 1. The molecule has 1 unspecified atom stereocenters. The maximum atomic E-state index is 12.5. The second-order valence-corrected chi connectivity index (χ2v) is 5.80. The summed E-state index contributed by atoms with van der Waals surface area (Å²) in [4.78, 5) is 12.5. The Hall–Kier alpha value is -2.53. The van der Waals surface area contributed by atoms with Crippen LogP contribution in [0.5, 0.6) is 17.2 Å². The van der Waals surface area contributed by atoms with Crippen LogP contribution in [-0.2, 0) is 17.6 Å². The highest BCUT2D eigenvalue weighted by atomic mass is 16.5. The molecule has 0 spiro atoms. The SMILES string of the molecule is COc1cc2c(cc1CCCO)OC(c1ccccc1O)C(=O)C2. The van der Waals surface area contributed by atoms with Gasteiger partial charge in [0.2, 0.25) is 0 Å². The lowest BCUT2D eigenvalue weighted by Gasteiger charge is -2.27. The summed E-state index contributed by atoms with van der Waals surface area (Å²) in [5.41, 5.74) is 2.17. The minimum Gasteiger partial charge on any atom is -0.508 e. The molecule has 5 heteroatoms. The number of methoxy groups -OCH3 is 1. The van der Waals surface area contributed by atoms with Crippen molar-refractivity contribution >= 4 is 5.78 Å². The largest absolute Gasteiger partial charge is 0.508 e. The number of carbonyl (C=O) groups excluding carboxylic acids is 1. The molecule has 2 aromatic rings. The summed E-state index contributed by atoms with van der Waals surface area (Å²) in [6, 6.07) is 10.4. The maximum absolute atomic E-state index is 12.5. The van der Waals surface area contributed by atoms with Crippen LogP contribution in [0.15, 0.2) is 36.4 Å². The van der Waals surface area contributed by atoms with Gasteiger partial charge in [-0.1, -0.05) is 18.2 Å². The summed E-state index contributed by atoms with van der Waals surface area (Å²) >= 11 is 0. The second kappa shape index (κ2) is 6.93. The molecule has 0 saturated heterocycles. The molecule has 0 aromatic heterocycles. The predicted molar refractivity (Wildman–Crippen MR) is 88.6 cm³/mol. The first-order chi connectivity index (χ1) is 11.6. The third kappa shape index (κ3) is 3.08. The maximum Gasteiger partial charge on any atom is 0.186 e. The number of aliphatic hydroxyl groups is 1. The van der Waals surface area contributed by atoms with Gasteiger partial charge in [-0.25, -0.2) is 0 Å². The molecule has 0 bridgehead atoms. The van der Waals surface area contributed by atoms with E-state index in [9.17, 15) is 9.90 Å². The summed E-state index contributed by atoms with van der Waals surface area (Å²) in [5.74, 6) is 1.26. The Morgan fingerprint density at radius 1 is 1.29 bits per heavy atom. The zero-order valence-electron chi connectivity index (χ0n) is 13.5. The van der Waals surface area contributed by atoms with E-state index in [-0.39, 0.29) is 24.6 Å². The van der Waals surface area contributed by atoms with Gasteiger partial charge in [-0.15, -0.1) is 0 Å². The van der Waals surface area contributed by atoms with Crippen LogP contribution in [0.25, 0.3) is 0 Å². The van der Waals surface area contributed by atoms with Crippen molar-refractivity contribution < 1.29 is 24.5 Å². The monoisotopic (exact) mass is 328 g/mol. The quantitative estimate of drug-likeness (QED) is 0.882. The van der Waals surface area contributed by atoms with Crippen molar-refractivity contribution in [3.63, 3.8) is 0 Å². The lowest BCUT2D eigenvalue weighted by Crippen LogP contribution is -2.26. The van der Waals surface area contributed by atoms with Crippen LogP contribution in [0.3, 0.4) is 0 Å². The molecule has 0 fully saturated rings. The van der Waals surface area contributed by atoms with Crippen molar-refractivity contribution in [3.8, 4) is 17.2 Å². The zero-order chi connectivity index (χ0) is 17.1. The molecular formula is C19H20O5. The molecule has 1 aliphatic rings. The fourth-order valence-electron chi connectivity index (χ4n) is 2.97. The van der Waals surface area contributed by atoms with Crippen LogP contribution in [-0.4, -0.2) is 29.7 Å². The molecule has 24 heavy (non-hydrogen) atoms. The fourth-order valence-corrected chi connectivity index (χ4v) is 2.97. The highest BCUT2D eigenvalue weighted by molar-refractivity contribution is 5.89. The molecule has 0 saturated carbocycles. The van der Waals surface area contributed by atoms with E-state index in [0.717, 1.165) is 11.1 Å². The average molecular weight is 328 g/mol. The minimum atomic E-state index is -0.808. The number of fused-ring (bicyclic) bond motifs is 1. The van der Waals surface area contributed by atoms with Crippen LogP contribution in [0, 0.1) is 0 Å². The zero-order valence-corrected chi connectivity index (χ0v) is 13.5. The molecule has 0 radical (unpaired) electrons. The lowest BCUT2D eigenvalue weighted by atomic mass is 9.94. The number of para-hydroxylation sites is 1. The van der Waals surface area contributed by atoms with E-state index in [4.69, 9.17) is 14.6 Å². The number of aliphatic hydroxyl groups excluding tert-OH is 1. The van der Waals surface area contributed by atoms with Crippen LogP contribution < -0.4 is 9.47 Å². The molecule has 0 aliphatic carbocycles. The molecular weight excluding hydrogens is 308 g/mol. The van der Waals surface area contributed by atoms with Gasteiger partial charge in [0.25, 0.3) is 0 Å².